The third-order valence-electron chi connectivity index (χ3n) is 8.75. The summed E-state index contributed by atoms with van der Waals surface area (Å²) in [4.78, 5) is 25.1. The number of esters is 2. The van der Waals surface area contributed by atoms with Crippen LogP contribution in [0.4, 0.5) is 0 Å². The summed E-state index contributed by atoms with van der Waals surface area (Å²) in [6.07, 6.45) is -0.729. The molecule has 0 aromatic heterocycles. The summed E-state index contributed by atoms with van der Waals surface area (Å²) in [6.45, 7) is 2.31. The third-order valence-corrected chi connectivity index (χ3v) is 8.75. The van der Waals surface area contributed by atoms with Crippen molar-refractivity contribution in [2.24, 2.45) is 0 Å². The van der Waals surface area contributed by atoms with Crippen LogP contribution < -0.4 is 0 Å². The van der Waals surface area contributed by atoms with Crippen LogP contribution in [0.25, 0.3) is 0 Å². The van der Waals surface area contributed by atoms with Gasteiger partial charge in [0.15, 0.2) is 18.7 Å². The molecule has 0 aromatic rings. The topological polar surface area (TPSA) is 231 Å². The standard InChI is InChI=1S/C35H62O15/c1-3-5-7-9-10-11-12-14-16-18-27(38)48-23(20-45-26(37)17-15-13-8-6-4-2)21-46-34-33(44)31(42)29(40)25(50-34)22-47-35-32(43)30(41)28(39)24(19-36)49-35/h5,7,23-25,28-36,39-44H,3-4,6,8-22H2,1-2H3/b7-5+/t23-,24-,25-,28+,29+,30+,31+,32-,33-,34-,35+/m1/s1. The van der Waals surface area contributed by atoms with Crippen molar-refractivity contribution in [1.82, 2.24) is 0 Å². The molecule has 0 aromatic carbocycles. The molecule has 2 heterocycles. The Bertz CT molecular complexity index is 949. The first kappa shape index (κ1) is 44.4. The molecule has 0 spiro atoms. The van der Waals surface area contributed by atoms with Gasteiger partial charge in [0.05, 0.1) is 19.8 Å². The summed E-state index contributed by atoms with van der Waals surface area (Å²) in [5, 5.41) is 71.3. The molecule has 2 aliphatic rings. The van der Waals surface area contributed by atoms with Crippen LogP contribution in [0.5, 0.6) is 0 Å². The highest BCUT2D eigenvalue weighted by Crippen LogP contribution is 2.26. The van der Waals surface area contributed by atoms with Crippen LogP contribution >= 0.6 is 0 Å². The van der Waals surface area contributed by atoms with Gasteiger partial charge < -0.3 is 64.2 Å². The molecule has 15 nitrogen and oxygen atoms in total. The molecule has 2 fully saturated rings. The lowest BCUT2D eigenvalue weighted by molar-refractivity contribution is -0.332. The van der Waals surface area contributed by atoms with Crippen molar-refractivity contribution in [3.63, 3.8) is 0 Å². The molecular formula is C35H62O15. The highest BCUT2D eigenvalue weighted by Gasteiger charge is 2.47. The molecule has 2 aliphatic heterocycles. The molecule has 0 amide bonds. The van der Waals surface area contributed by atoms with Gasteiger partial charge >= 0.3 is 11.9 Å². The first-order valence-electron chi connectivity index (χ1n) is 18.3. The maximum Gasteiger partial charge on any atom is 0.306 e. The predicted octanol–water partition coefficient (Wildman–Crippen LogP) is 1.14. The van der Waals surface area contributed by atoms with Crippen molar-refractivity contribution >= 4 is 11.9 Å². The maximum atomic E-state index is 12.7. The highest BCUT2D eigenvalue weighted by molar-refractivity contribution is 5.70. The van der Waals surface area contributed by atoms with E-state index in [1.54, 1.807) is 0 Å². The summed E-state index contributed by atoms with van der Waals surface area (Å²) in [7, 11) is 0. The Morgan fingerprint density at radius 3 is 1.84 bits per heavy atom. The lowest BCUT2D eigenvalue weighted by Gasteiger charge is -2.42. The summed E-state index contributed by atoms with van der Waals surface area (Å²) in [5.41, 5.74) is 0. The molecule has 0 radical (unpaired) electrons. The van der Waals surface area contributed by atoms with E-state index in [4.69, 9.17) is 28.4 Å². The Labute approximate surface area is 295 Å². The maximum absolute atomic E-state index is 12.7. The van der Waals surface area contributed by atoms with Crippen molar-refractivity contribution in [2.75, 3.05) is 26.4 Å². The van der Waals surface area contributed by atoms with E-state index in [1.807, 2.05) is 0 Å². The SMILES string of the molecule is CC/C=C/CCCCCCCC(=O)O[C@H](COC(=O)CCCCCCC)CO[C@@H]1O[C@H](CO[C@H]2O[C@H](CO)[C@H](O)[C@H](O)[C@H]2O)[C@H](O)[C@H](O)[C@H]1O. The number of carbonyl (C=O) groups is 2. The Morgan fingerprint density at radius 2 is 1.20 bits per heavy atom. The monoisotopic (exact) mass is 722 g/mol. The minimum absolute atomic E-state index is 0.155. The van der Waals surface area contributed by atoms with E-state index in [0.29, 0.717) is 12.8 Å². The Balaban J connectivity index is 1.94. The van der Waals surface area contributed by atoms with E-state index >= 15 is 0 Å². The fourth-order valence-electron chi connectivity index (χ4n) is 5.63. The van der Waals surface area contributed by atoms with Gasteiger partial charge in [0.25, 0.3) is 0 Å². The van der Waals surface area contributed by atoms with Crippen molar-refractivity contribution in [3.05, 3.63) is 12.2 Å². The normalized spacial score (nSPS) is 30.7. The first-order valence-corrected chi connectivity index (χ1v) is 18.3. The zero-order valence-electron chi connectivity index (χ0n) is 29.6. The zero-order chi connectivity index (χ0) is 36.9. The van der Waals surface area contributed by atoms with Crippen LogP contribution in [0, 0.1) is 0 Å². The van der Waals surface area contributed by atoms with Crippen molar-refractivity contribution in [1.29, 1.82) is 0 Å². The lowest BCUT2D eigenvalue weighted by Crippen LogP contribution is -2.61. The molecule has 11 atom stereocenters. The predicted molar refractivity (Wildman–Crippen MR) is 178 cm³/mol. The number of aliphatic hydroxyl groups excluding tert-OH is 7. The molecule has 0 unspecified atom stereocenters. The van der Waals surface area contributed by atoms with Crippen LogP contribution in [0.15, 0.2) is 12.2 Å². The van der Waals surface area contributed by atoms with Gasteiger partial charge in [-0.1, -0.05) is 70.9 Å². The van der Waals surface area contributed by atoms with Crippen LogP contribution in [0.1, 0.15) is 104 Å². The smallest absolute Gasteiger partial charge is 0.306 e. The Hall–Kier alpha value is -1.76. The van der Waals surface area contributed by atoms with E-state index in [0.717, 1.165) is 64.2 Å². The number of carbonyl (C=O) groups excluding carboxylic acids is 2. The number of aliphatic hydroxyl groups is 7. The zero-order valence-corrected chi connectivity index (χ0v) is 29.6. The van der Waals surface area contributed by atoms with E-state index in [9.17, 15) is 45.3 Å². The second kappa shape index (κ2) is 25.3. The summed E-state index contributed by atoms with van der Waals surface area (Å²) in [5.74, 6) is -0.958. The second-order valence-corrected chi connectivity index (χ2v) is 13.0. The highest BCUT2D eigenvalue weighted by atomic mass is 16.7. The largest absolute Gasteiger partial charge is 0.462 e. The third kappa shape index (κ3) is 15.9. The molecule has 50 heavy (non-hydrogen) atoms. The van der Waals surface area contributed by atoms with Gasteiger partial charge in [0.2, 0.25) is 0 Å². The second-order valence-electron chi connectivity index (χ2n) is 13.0. The average Bonchev–Trinajstić information content (AvgIpc) is 3.10. The number of rotatable bonds is 25. The number of hydrogen-bond donors (Lipinski definition) is 7. The summed E-state index contributed by atoms with van der Waals surface area (Å²) in [6, 6.07) is 0. The van der Waals surface area contributed by atoms with Gasteiger partial charge in [-0.3, -0.25) is 9.59 Å². The van der Waals surface area contributed by atoms with Gasteiger partial charge in [-0.25, -0.2) is 0 Å². The van der Waals surface area contributed by atoms with Gasteiger partial charge in [0, 0.05) is 12.8 Å². The Kier molecular flexibility index (Phi) is 22.4. The number of hydrogen-bond acceptors (Lipinski definition) is 15. The first-order chi connectivity index (χ1) is 24.0. The quantitative estimate of drug-likeness (QED) is 0.0398. The van der Waals surface area contributed by atoms with Gasteiger partial charge in [-0.2, -0.15) is 0 Å². The minimum atomic E-state index is -1.76. The van der Waals surface area contributed by atoms with E-state index in [-0.39, 0.29) is 26.1 Å². The molecule has 0 aliphatic carbocycles. The average molecular weight is 723 g/mol. The van der Waals surface area contributed by atoms with Crippen molar-refractivity contribution in [3.8, 4) is 0 Å². The lowest BCUT2D eigenvalue weighted by atomic mass is 9.98. The van der Waals surface area contributed by atoms with Crippen LogP contribution in [-0.4, -0.2) is 142 Å². The molecule has 2 rings (SSSR count). The molecule has 0 bridgehead atoms. The molecular weight excluding hydrogens is 660 g/mol. The number of allylic oxidation sites excluding steroid dienone is 2. The number of unbranched alkanes of at least 4 members (excludes halogenated alkanes) is 9. The number of ether oxygens (including phenoxy) is 6. The molecule has 2 saturated heterocycles. The van der Waals surface area contributed by atoms with Gasteiger partial charge in [0.1, 0.15) is 55.4 Å². The molecule has 15 heteroatoms. The van der Waals surface area contributed by atoms with Gasteiger partial charge in [-0.15, -0.1) is 0 Å². The molecule has 292 valence electrons. The minimum Gasteiger partial charge on any atom is -0.462 e. The van der Waals surface area contributed by atoms with E-state index < -0.39 is 92.7 Å². The van der Waals surface area contributed by atoms with Crippen LogP contribution in [0.2, 0.25) is 0 Å². The van der Waals surface area contributed by atoms with E-state index in [1.165, 1.54) is 0 Å². The fourth-order valence-corrected chi connectivity index (χ4v) is 5.63. The molecule has 7 N–H and O–H groups in total. The van der Waals surface area contributed by atoms with Crippen molar-refractivity contribution < 1.29 is 73.8 Å². The van der Waals surface area contributed by atoms with Crippen LogP contribution in [0.3, 0.4) is 0 Å². The Morgan fingerprint density at radius 1 is 0.640 bits per heavy atom. The summed E-state index contributed by atoms with van der Waals surface area (Å²) >= 11 is 0. The van der Waals surface area contributed by atoms with Crippen molar-refractivity contribution in [2.45, 2.75) is 171 Å². The van der Waals surface area contributed by atoms with Gasteiger partial charge in [-0.05, 0) is 32.1 Å². The summed E-state index contributed by atoms with van der Waals surface area (Å²) < 4.78 is 33.0. The van der Waals surface area contributed by atoms with Crippen LogP contribution in [-0.2, 0) is 38.0 Å². The van der Waals surface area contributed by atoms with E-state index in [2.05, 4.69) is 26.0 Å². The fraction of sp³-hybridized carbons (Fsp3) is 0.886. The molecule has 0 saturated carbocycles.